The minimum atomic E-state index is -0.400. The first-order chi connectivity index (χ1) is 17.5. The Morgan fingerprint density at radius 2 is 1.67 bits per heavy atom. The number of rotatable bonds is 7. The topological polar surface area (TPSA) is 114 Å². The first kappa shape index (κ1) is 24.1. The molecule has 7 nitrogen and oxygen atoms in total. The summed E-state index contributed by atoms with van der Waals surface area (Å²) >= 11 is 0. The highest BCUT2D eigenvalue weighted by Crippen LogP contribution is 2.21. The first-order valence-electron chi connectivity index (χ1n) is 11.1. The second-order valence-corrected chi connectivity index (χ2v) is 8.07. The molecule has 176 valence electrons. The lowest BCUT2D eigenvalue weighted by Gasteiger charge is -2.16. The van der Waals surface area contributed by atoms with E-state index in [1.807, 2.05) is 42.5 Å². The van der Waals surface area contributed by atoms with Gasteiger partial charge in [0.05, 0.1) is 17.2 Å². The van der Waals surface area contributed by atoms with Crippen molar-refractivity contribution in [1.82, 2.24) is 15.3 Å². The van der Waals surface area contributed by atoms with Crippen LogP contribution in [0.3, 0.4) is 0 Å². The molecule has 8 heteroatoms. The second-order valence-electron chi connectivity index (χ2n) is 8.07. The molecule has 2 aromatic carbocycles. The molecule has 2 aromatic heterocycles. The molecular weight excluding hydrogens is 455 g/mol. The SMILES string of the molecule is C[C@H](NC(=O)c1cc(C#N)cnc1NCc1ccc(-c2ccc(C#N)nc2)cc1)c1ccc(F)cc1. The number of aromatic nitrogens is 2. The normalized spacial score (nSPS) is 11.1. The van der Waals surface area contributed by atoms with E-state index in [2.05, 4.69) is 20.6 Å². The van der Waals surface area contributed by atoms with Gasteiger partial charge in [-0.15, -0.1) is 0 Å². The van der Waals surface area contributed by atoms with Crippen LogP contribution in [0.5, 0.6) is 0 Å². The standard InChI is InChI=1S/C28H21FN6O/c1-18(21-6-9-24(29)10-7-21)35-28(36)26-12-20(13-30)16-34-27(26)33-15-19-2-4-22(5-3-19)23-8-11-25(14-31)32-17-23/h2-12,16-18H,15H2,1H3,(H,33,34)(H,35,36)/t18-/m0/s1. The Morgan fingerprint density at radius 3 is 2.31 bits per heavy atom. The minimum Gasteiger partial charge on any atom is -0.365 e. The van der Waals surface area contributed by atoms with Crippen LogP contribution in [-0.4, -0.2) is 15.9 Å². The molecule has 4 rings (SSSR count). The zero-order chi connectivity index (χ0) is 25.5. The molecule has 0 saturated carbocycles. The van der Waals surface area contributed by atoms with Crippen LogP contribution in [0.25, 0.3) is 11.1 Å². The van der Waals surface area contributed by atoms with Gasteiger partial charge in [0.1, 0.15) is 29.5 Å². The number of nitrogens with zero attached hydrogens (tertiary/aromatic N) is 4. The van der Waals surface area contributed by atoms with Crippen LogP contribution in [0, 0.1) is 28.5 Å². The molecule has 2 heterocycles. The van der Waals surface area contributed by atoms with E-state index >= 15 is 0 Å². The third-order valence-corrected chi connectivity index (χ3v) is 5.60. The number of carbonyl (C=O) groups is 1. The van der Waals surface area contributed by atoms with Crippen LogP contribution in [0.4, 0.5) is 10.2 Å². The molecule has 0 fully saturated rings. The molecule has 1 amide bonds. The van der Waals surface area contributed by atoms with E-state index in [4.69, 9.17) is 5.26 Å². The summed E-state index contributed by atoms with van der Waals surface area (Å²) in [5.41, 5.74) is 4.43. The highest BCUT2D eigenvalue weighted by atomic mass is 19.1. The molecule has 1 atom stereocenters. The van der Waals surface area contributed by atoms with Gasteiger partial charge in [0, 0.05) is 24.5 Å². The lowest BCUT2D eigenvalue weighted by molar-refractivity contribution is 0.0940. The summed E-state index contributed by atoms with van der Waals surface area (Å²) in [6, 6.07) is 22.3. The fourth-order valence-corrected chi connectivity index (χ4v) is 3.58. The number of benzene rings is 2. The number of nitriles is 2. The lowest BCUT2D eigenvalue weighted by Crippen LogP contribution is -2.28. The van der Waals surface area contributed by atoms with Crippen LogP contribution >= 0.6 is 0 Å². The number of amides is 1. The molecule has 0 aliphatic carbocycles. The van der Waals surface area contributed by atoms with Crippen molar-refractivity contribution in [1.29, 1.82) is 10.5 Å². The monoisotopic (exact) mass is 476 g/mol. The van der Waals surface area contributed by atoms with Crippen molar-refractivity contribution >= 4 is 11.7 Å². The Hall–Kier alpha value is -5.08. The summed E-state index contributed by atoms with van der Waals surface area (Å²) in [6.07, 6.45) is 3.06. The van der Waals surface area contributed by atoms with Gasteiger partial charge in [-0.25, -0.2) is 14.4 Å². The molecule has 0 bridgehead atoms. The Kier molecular flexibility index (Phi) is 7.28. The number of hydrogen-bond acceptors (Lipinski definition) is 6. The third kappa shape index (κ3) is 5.69. The van der Waals surface area contributed by atoms with Gasteiger partial charge >= 0.3 is 0 Å². The van der Waals surface area contributed by atoms with Crippen molar-refractivity contribution in [3.63, 3.8) is 0 Å². The summed E-state index contributed by atoms with van der Waals surface area (Å²) < 4.78 is 13.2. The smallest absolute Gasteiger partial charge is 0.255 e. The van der Waals surface area contributed by atoms with Crippen molar-refractivity contribution < 1.29 is 9.18 Å². The molecule has 0 radical (unpaired) electrons. The fourth-order valence-electron chi connectivity index (χ4n) is 3.58. The molecule has 4 aromatic rings. The summed E-state index contributed by atoms with van der Waals surface area (Å²) in [5.74, 6) is -0.406. The lowest BCUT2D eigenvalue weighted by atomic mass is 10.1. The molecule has 0 aliphatic heterocycles. The number of halogens is 1. The highest BCUT2D eigenvalue weighted by Gasteiger charge is 2.17. The minimum absolute atomic E-state index is 0.239. The summed E-state index contributed by atoms with van der Waals surface area (Å²) in [5, 5.41) is 24.2. The van der Waals surface area contributed by atoms with E-state index < -0.39 is 5.91 Å². The van der Waals surface area contributed by atoms with Gasteiger partial charge in [0.25, 0.3) is 5.91 Å². The molecule has 0 saturated heterocycles. The zero-order valence-electron chi connectivity index (χ0n) is 19.4. The molecule has 0 spiro atoms. The van der Waals surface area contributed by atoms with Gasteiger partial charge in [-0.1, -0.05) is 36.4 Å². The van der Waals surface area contributed by atoms with Gasteiger partial charge in [0.15, 0.2) is 0 Å². The third-order valence-electron chi connectivity index (χ3n) is 5.60. The van der Waals surface area contributed by atoms with E-state index in [9.17, 15) is 14.4 Å². The Labute approximate surface area is 207 Å². The Bertz CT molecular complexity index is 1450. The number of hydrogen-bond donors (Lipinski definition) is 2. The van der Waals surface area contributed by atoms with E-state index in [0.29, 0.717) is 18.1 Å². The van der Waals surface area contributed by atoms with Gasteiger partial charge in [0.2, 0.25) is 0 Å². The van der Waals surface area contributed by atoms with Crippen molar-refractivity contribution in [2.45, 2.75) is 19.5 Å². The molecular formula is C28H21FN6O. The largest absolute Gasteiger partial charge is 0.365 e. The molecule has 36 heavy (non-hydrogen) atoms. The van der Waals surface area contributed by atoms with E-state index in [1.54, 1.807) is 31.3 Å². The van der Waals surface area contributed by atoms with Gasteiger partial charge in [-0.2, -0.15) is 10.5 Å². The van der Waals surface area contributed by atoms with Crippen LogP contribution in [0.15, 0.2) is 79.1 Å². The van der Waals surface area contributed by atoms with E-state index in [-0.39, 0.29) is 23.0 Å². The number of nitrogens with one attached hydrogen (secondary N) is 2. The predicted molar refractivity (Wildman–Crippen MR) is 133 cm³/mol. The average Bonchev–Trinajstić information content (AvgIpc) is 2.92. The van der Waals surface area contributed by atoms with Crippen molar-refractivity contribution in [2.24, 2.45) is 0 Å². The highest BCUT2D eigenvalue weighted by molar-refractivity contribution is 5.99. The van der Waals surface area contributed by atoms with Gasteiger partial charge in [-0.3, -0.25) is 4.79 Å². The first-order valence-corrected chi connectivity index (χ1v) is 11.1. The second kappa shape index (κ2) is 10.9. The Morgan fingerprint density at radius 1 is 0.944 bits per heavy atom. The number of anilines is 1. The van der Waals surface area contributed by atoms with Crippen LogP contribution < -0.4 is 10.6 Å². The van der Waals surface area contributed by atoms with E-state index in [0.717, 1.165) is 22.3 Å². The molecule has 2 N–H and O–H groups in total. The van der Waals surface area contributed by atoms with Gasteiger partial charge < -0.3 is 10.6 Å². The van der Waals surface area contributed by atoms with Gasteiger partial charge in [-0.05, 0) is 53.9 Å². The molecule has 0 unspecified atom stereocenters. The van der Waals surface area contributed by atoms with Crippen molar-refractivity contribution in [3.8, 4) is 23.3 Å². The fraction of sp³-hybridized carbons (Fsp3) is 0.107. The zero-order valence-corrected chi connectivity index (χ0v) is 19.4. The Balaban J connectivity index is 1.47. The van der Waals surface area contributed by atoms with Crippen molar-refractivity contribution in [2.75, 3.05) is 5.32 Å². The predicted octanol–water partition coefficient (Wildman–Crippen LogP) is 5.13. The number of pyridine rings is 2. The van der Waals surface area contributed by atoms with Crippen LogP contribution in [-0.2, 0) is 6.54 Å². The van der Waals surface area contributed by atoms with Crippen molar-refractivity contribution in [3.05, 3.63) is 113 Å². The van der Waals surface area contributed by atoms with Crippen LogP contribution in [0.1, 0.15) is 45.7 Å². The maximum atomic E-state index is 13.2. The van der Waals surface area contributed by atoms with E-state index in [1.165, 1.54) is 24.4 Å². The molecule has 0 aliphatic rings. The summed E-state index contributed by atoms with van der Waals surface area (Å²) in [6.45, 7) is 2.20. The maximum absolute atomic E-state index is 13.2. The van der Waals surface area contributed by atoms with Crippen LogP contribution in [0.2, 0.25) is 0 Å². The maximum Gasteiger partial charge on any atom is 0.255 e. The number of carbonyl (C=O) groups excluding carboxylic acids is 1. The summed E-state index contributed by atoms with van der Waals surface area (Å²) in [4.78, 5) is 21.4. The summed E-state index contributed by atoms with van der Waals surface area (Å²) in [7, 11) is 0. The quantitative estimate of drug-likeness (QED) is 0.382. The average molecular weight is 477 g/mol.